The minimum Gasteiger partial charge on any atom is -0.289 e. The van der Waals surface area contributed by atoms with Gasteiger partial charge in [0.1, 0.15) is 0 Å². The van der Waals surface area contributed by atoms with Gasteiger partial charge in [-0.15, -0.1) is 0 Å². The average Bonchev–Trinajstić information content (AvgIpc) is 2.57. The van der Waals surface area contributed by atoms with Crippen LogP contribution in [0.15, 0.2) is 23.2 Å². The maximum absolute atomic E-state index is 6.04. The summed E-state index contributed by atoms with van der Waals surface area (Å²) in [6.45, 7) is 0.900. The Kier molecular flexibility index (Phi) is 2.56. The van der Waals surface area contributed by atoms with Crippen molar-refractivity contribution in [1.82, 2.24) is 0 Å². The van der Waals surface area contributed by atoms with Gasteiger partial charge in [-0.05, 0) is 25.0 Å². The summed E-state index contributed by atoms with van der Waals surface area (Å²) in [5, 5.41) is 1.40. The van der Waals surface area contributed by atoms with Gasteiger partial charge in [-0.3, -0.25) is 4.99 Å². The Morgan fingerprint density at radius 1 is 1.15 bits per heavy atom. The lowest BCUT2D eigenvalue weighted by Crippen LogP contribution is -1.98. The van der Waals surface area contributed by atoms with E-state index in [2.05, 4.69) is 4.99 Å². The van der Waals surface area contributed by atoms with Gasteiger partial charge in [-0.1, -0.05) is 29.3 Å². The topological polar surface area (TPSA) is 12.4 Å². The molecule has 13 heavy (non-hydrogen) atoms. The SMILES string of the molecule is Clc1cccc(Cl)c1C1=NCCC1. The third-order valence-electron chi connectivity index (χ3n) is 2.13. The smallest absolute Gasteiger partial charge is 0.0511 e. The first kappa shape index (κ1) is 9.04. The minimum absolute atomic E-state index is 0.702. The van der Waals surface area contributed by atoms with Gasteiger partial charge < -0.3 is 0 Å². The third kappa shape index (κ3) is 1.72. The summed E-state index contributed by atoms with van der Waals surface area (Å²) in [5.41, 5.74) is 1.97. The lowest BCUT2D eigenvalue weighted by atomic mass is 10.1. The number of hydrogen-bond acceptors (Lipinski definition) is 1. The van der Waals surface area contributed by atoms with Gasteiger partial charge >= 0.3 is 0 Å². The highest BCUT2D eigenvalue weighted by Gasteiger charge is 2.14. The van der Waals surface area contributed by atoms with Crippen LogP contribution in [0.5, 0.6) is 0 Å². The summed E-state index contributed by atoms with van der Waals surface area (Å²) in [6.07, 6.45) is 2.10. The lowest BCUT2D eigenvalue weighted by Gasteiger charge is -2.05. The number of hydrogen-bond donors (Lipinski definition) is 0. The maximum atomic E-state index is 6.04. The lowest BCUT2D eigenvalue weighted by molar-refractivity contribution is 0.951. The molecule has 0 fully saturated rings. The van der Waals surface area contributed by atoms with Crippen molar-refractivity contribution in [3.8, 4) is 0 Å². The number of benzene rings is 1. The Hall–Kier alpha value is -0.530. The Balaban J connectivity index is 2.49. The Bertz CT molecular complexity index is 338. The molecule has 2 rings (SSSR count). The van der Waals surface area contributed by atoms with E-state index in [0.717, 1.165) is 30.7 Å². The van der Waals surface area contributed by atoms with Crippen LogP contribution in [0.3, 0.4) is 0 Å². The van der Waals surface area contributed by atoms with E-state index in [9.17, 15) is 0 Å². The van der Waals surface area contributed by atoms with E-state index in [1.165, 1.54) is 0 Å². The number of halogens is 2. The molecule has 1 nitrogen and oxygen atoms in total. The molecule has 0 radical (unpaired) electrons. The zero-order valence-corrected chi connectivity index (χ0v) is 8.57. The number of aliphatic imine (C=N–C) groups is 1. The van der Waals surface area contributed by atoms with Gasteiger partial charge in [-0.2, -0.15) is 0 Å². The minimum atomic E-state index is 0.702. The molecule has 1 aliphatic heterocycles. The zero-order valence-electron chi connectivity index (χ0n) is 7.06. The predicted molar refractivity (Wildman–Crippen MR) is 57.1 cm³/mol. The third-order valence-corrected chi connectivity index (χ3v) is 2.76. The first-order valence-electron chi connectivity index (χ1n) is 4.27. The van der Waals surface area contributed by atoms with E-state index in [-0.39, 0.29) is 0 Å². The molecule has 0 unspecified atom stereocenters. The Labute approximate surface area is 87.4 Å². The first-order valence-corrected chi connectivity index (χ1v) is 5.02. The van der Waals surface area contributed by atoms with Crippen molar-refractivity contribution in [2.24, 2.45) is 4.99 Å². The molecule has 0 aromatic heterocycles. The zero-order chi connectivity index (χ0) is 9.26. The second-order valence-electron chi connectivity index (χ2n) is 3.03. The first-order chi connectivity index (χ1) is 6.29. The average molecular weight is 214 g/mol. The molecule has 0 spiro atoms. The molecule has 1 heterocycles. The van der Waals surface area contributed by atoms with Gasteiger partial charge in [0.2, 0.25) is 0 Å². The van der Waals surface area contributed by atoms with Crippen LogP contribution in [0.25, 0.3) is 0 Å². The van der Waals surface area contributed by atoms with Crippen LogP contribution in [0.2, 0.25) is 10.0 Å². The molecule has 0 amide bonds. The molecule has 0 aliphatic carbocycles. The van der Waals surface area contributed by atoms with E-state index in [0.29, 0.717) is 10.0 Å². The van der Waals surface area contributed by atoms with Crippen molar-refractivity contribution in [1.29, 1.82) is 0 Å². The van der Waals surface area contributed by atoms with Crippen LogP contribution >= 0.6 is 23.2 Å². The summed E-state index contributed by atoms with van der Waals surface area (Å²) < 4.78 is 0. The van der Waals surface area contributed by atoms with Gasteiger partial charge in [0.05, 0.1) is 10.0 Å². The molecular weight excluding hydrogens is 205 g/mol. The molecule has 1 aromatic rings. The summed E-state index contributed by atoms with van der Waals surface area (Å²) in [5.74, 6) is 0. The standard InChI is InChI=1S/C10H9Cl2N/c11-7-3-1-4-8(12)10(7)9-5-2-6-13-9/h1,3-4H,2,5-6H2. The van der Waals surface area contributed by atoms with Gasteiger partial charge in [0.15, 0.2) is 0 Å². The summed E-state index contributed by atoms with van der Waals surface area (Å²) in [4.78, 5) is 4.38. The molecule has 0 saturated heterocycles. The highest BCUT2D eigenvalue weighted by Crippen LogP contribution is 2.27. The quantitative estimate of drug-likeness (QED) is 0.677. The maximum Gasteiger partial charge on any atom is 0.0511 e. The largest absolute Gasteiger partial charge is 0.289 e. The van der Waals surface area contributed by atoms with Crippen LogP contribution in [-0.4, -0.2) is 12.3 Å². The Morgan fingerprint density at radius 3 is 2.38 bits per heavy atom. The van der Waals surface area contributed by atoms with Gasteiger partial charge in [0.25, 0.3) is 0 Å². The van der Waals surface area contributed by atoms with E-state index in [1.54, 1.807) is 0 Å². The van der Waals surface area contributed by atoms with Crippen LogP contribution in [0, 0.1) is 0 Å². The van der Waals surface area contributed by atoms with Crippen molar-refractivity contribution >= 4 is 28.9 Å². The molecule has 1 aromatic carbocycles. The summed E-state index contributed by atoms with van der Waals surface area (Å²) in [7, 11) is 0. The highest BCUT2D eigenvalue weighted by atomic mass is 35.5. The van der Waals surface area contributed by atoms with Crippen molar-refractivity contribution in [2.45, 2.75) is 12.8 Å². The van der Waals surface area contributed by atoms with Crippen LogP contribution < -0.4 is 0 Å². The molecule has 0 atom stereocenters. The molecule has 1 aliphatic rings. The van der Waals surface area contributed by atoms with E-state index < -0.39 is 0 Å². The van der Waals surface area contributed by atoms with Gasteiger partial charge in [-0.25, -0.2) is 0 Å². The van der Waals surface area contributed by atoms with Crippen molar-refractivity contribution < 1.29 is 0 Å². The fraction of sp³-hybridized carbons (Fsp3) is 0.300. The van der Waals surface area contributed by atoms with Crippen molar-refractivity contribution in [3.63, 3.8) is 0 Å². The fourth-order valence-corrected chi connectivity index (χ4v) is 2.13. The predicted octanol–water partition coefficient (Wildman–Crippen LogP) is 3.58. The highest BCUT2D eigenvalue weighted by molar-refractivity contribution is 6.40. The van der Waals surface area contributed by atoms with Crippen LogP contribution in [0.1, 0.15) is 18.4 Å². The molecule has 0 bridgehead atoms. The van der Waals surface area contributed by atoms with Crippen LogP contribution in [-0.2, 0) is 0 Å². The fourth-order valence-electron chi connectivity index (χ4n) is 1.52. The van der Waals surface area contributed by atoms with Crippen molar-refractivity contribution in [2.75, 3.05) is 6.54 Å². The van der Waals surface area contributed by atoms with Crippen LogP contribution in [0.4, 0.5) is 0 Å². The van der Waals surface area contributed by atoms with E-state index >= 15 is 0 Å². The normalized spacial score (nSPS) is 16.0. The summed E-state index contributed by atoms with van der Waals surface area (Å²) >= 11 is 12.1. The number of nitrogens with zero attached hydrogens (tertiary/aromatic N) is 1. The molecule has 68 valence electrons. The molecule has 0 N–H and O–H groups in total. The monoisotopic (exact) mass is 213 g/mol. The number of rotatable bonds is 1. The summed E-state index contributed by atoms with van der Waals surface area (Å²) in [6, 6.07) is 5.55. The van der Waals surface area contributed by atoms with Gasteiger partial charge in [0, 0.05) is 17.8 Å². The second kappa shape index (κ2) is 3.69. The Morgan fingerprint density at radius 2 is 1.85 bits per heavy atom. The second-order valence-corrected chi connectivity index (χ2v) is 3.84. The molecular formula is C10H9Cl2N. The van der Waals surface area contributed by atoms with Crippen molar-refractivity contribution in [3.05, 3.63) is 33.8 Å². The molecule has 0 saturated carbocycles. The molecule has 3 heteroatoms. The van der Waals surface area contributed by atoms with E-state index in [1.807, 2.05) is 18.2 Å². The van der Waals surface area contributed by atoms with E-state index in [4.69, 9.17) is 23.2 Å².